The van der Waals surface area contributed by atoms with E-state index in [4.69, 9.17) is 21.3 Å². The van der Waals surface area contributed by atoms with Crippen LogP contribution in [-0.2, 0) is 29.0 Å². The van der Waals surface area contributed by atoms with Gasteiger partial charge in [0.2, 0.25) is 11.8 Å². The number of rotatable bonds is 17. The number of piperidine rings is 1. The first kappa shape index (κ1) is 48.7. The Labute approximate surface area is 395 Å². The first-order valence-corrected chi connectivity index (χ1v) is 24.1. The quantitative estimate of drug-likeness (QED) is 0.0804. The highest BCUT2D eigenvalue weighted by molar-refractivity contribution is 6.31. The second kappa shape index (κ2) is 20.0. The number of benzene rings is 2. The number of allylic oxidation sites excluding steroid dienone is 2. The average Bonchev–Trinajstić information content (AvgIpc) is 3.39. The molecule has 1 saturated carbocycles. The number of aromatic nitrogens is 1. The number of amides is 3. The summed E-state index contributed by atoms with van der Waals surface area (Å²) < 4.78 is 22.2. The van der Waals surface area contributed by atoms with Crippen molar-refractivity contribution in [3.8, 4) is 11.8 Å². The lowest BCUT2D eigenvalue weighted by molar-refractivity contribution is -0.199. The predicted molar refractivity (Wildman–Crippen MR) is 255 cm³/mol. The zero-order chi connectivity index (χ0) is 47.7. The molecule has 1 saturated heterocycles. The molecule has 66 heavy (non-hydrogen) atoms. The number of fused-ring (bicyclic) bond motifs is 1. The van der Waals surface area contributed by atoms with Gasteiger partial charge in [-0.05, 0) is 125 Å². The minimum Gasteiger partial charge on any atom is -0.489 e. The van der Waals surface area contributed by atoms with E-state index < -0.39 is 11.7 Å². The number of nitrogens with zero attached hydrogens (tertiary/aromatic N) is 4. The van der Waals surface area contributed by atoms with Gasteiger partial charge in [0.1, 0.15) is 23.7 Å². The van der Waals surface area contributed by atoms with Gasteiger partial charge >= 0.3 is 0 Å². The van der Waals surface area contributed by atoms with Crippen molar-refractivity contribution in [3.63, 3.8) is 0 Å². The summed E-state index contributed by atoms with van der Waals surface area (Å²) >= 11 is 6.32. The Bertz CT molecular complexity index is 2470. The summed E-state index contributed by atoms with van der Waals surface area (Å²) in [6, 6.07) is 14.2. The second-order valence-electron chi connectivity index (χ2n) is 20.5. The van der Waals surface area contributed by atoms with E-state index in [0.29, 0.717) is 63.0 Å². The van der Waals surface area contributed by atoms with Crippen molar-refractivity contribution < 1.29 is 28.3 Å². The largest absolute Gasteiger partial charge is 0.489 e. The van der Waals surface area contributed by atoms with Crippen molar-refractivity contribution in [2.24, 2.45) is 22.7 Å². The van der Waals surface area contributed by atoms with Crippen LogP contribution in [0.15, 0.2) is 66.3 Å². The fraction of sp³-hybridized carbons (Fsp3) is 0.519. The molecule has 2 aliphatic heterocycles. The van der Waals surface area contributed by atoms with E-state index in [1.54, 1.807) is 24.3 Å². The van der Waals surface area contributed by atoms with Crippen LogP contribution in [0.3, 0.4) is 0 Å². The smallest absolute Gasteiger partial charge is 0.256 e. The van der Waals surface area contributed by atoms with E-state index in [1.165, 1.54) is 18.6 Å². The number of ketones is 1. The molecule has 1 aromatic heterocycles. The summed E-state index contributed by atoms with van der Waals surface area (Å²) in [5.41, 5.74) is 5.66. The highest BCUT2D eigenvalue weighted by Gasteiger charge is 2.67. The first-order chi connectivity index (χ1) is 31.3. The molecule has 3 unspecified atom stereocenters. The molecule has 4 aliphatic rings. The number of carbonyl (C=O) groups is 4. The number of nitrogens with one attached hydrogen (secondary N) is 1. The number of imide groups is 1. The van der Waals surface area contributed by atoms with Crippen LogP contribution >= 0.6 is 11.6 Å². The van der Waals surface area contributed by atoms with Gasteiger partial charge in [-0.3, -0.25) is 29.5 Å². The van der Waals surface area contributed by atoms with E-state index in [2.05, 4.69) is 63.6 Å². The summed E-state index contributed by atoms with van der Waals surface area (Å²) in [4.78, 5) is 60.4. The Morgan fingerprint density at radius 3 is 2.52 bits per heavy atom. The van der Waals surface area contributed by atoms with Crippen LogP contribution in [0.2, 0.25) is 5.02 Å². The SMILES string of the molecule is C=C(Cc1cc(C(C)CCN(CCC)CC2CCC=C(Cc3ccc4c(n3)CN([C@H]3C(C)(C)[C@H](Oc5ccc(C#N)c(Cl)c5)C3(C)C)C4=O)CC2)c(F)cc1C(C)=O)C1CCC(=O)NC1=O. The lowest BCUT2D eigenvalue weighted by Gasteiger charge is -2.65. The standard InChI is InChI=1S/C54H65ClFN5O5/c1-9-22-60(23-21-32(2)43-26-38(44(34(4)62)28-46(43)56)24-33(3)41-19-20-48(63)59-49(41)64)30-36-12-10-11-35(13-14-36)25-39-16-18-42-47(58-39)31-61(50(42)65)51-53(5,6)52(54(51,7)8)66-40-17-15-37(29-57)45(55)27-40/h11,15-18,26-28,32,36,41,51-52H,3,9-10,12-14,19-25,30-31H2,1-2,4-8H3,(H,59,63,64)/t32?,36?,41?,51-,52-. The third-order valence-electron chi connectivity index (χ3n) is 14.7. The molecular weight excluding hydrogens is 853 g/mol. The van der Waals surface area contributed by atoms with Crippen LogP contribution in [0.1, 0.15) is 155 Å². The predicted octanol–water partition coefficient (Wildman–Crippen LogP) is 10.5. The van der Waals surface area contributed by atoms with E-state index in [9.17, 15) is 24.4 Å². The Kier molecular flexibility index (Phi) is 14.7. The van der Waals surface area contributed by atoms with Gasteiger partial charge in [0.05, 0.1) is 34.3 Å². The van der Waals surface area contributed by atoms with Gasteiger partial charge in [0.15, 0.2) is 5.78 Å². The molecule has 0 spiro atoms. The number of ether oxygens (including phenoxy) is 1. The Morgan fingerprint density at radius 1 is 1.08 bits per heavy atom. The maximum atomic E-state index is 15.7. The van der Waals surface area contributed by atoms with Gasteiger partial charge in [-0.2, -0.15) is 5.26 Å². The molecule has 1 N–H and O–H groups in total. The number of Topliss-reactive ketones (excluding diaryl/α,β-unsaturated/α-hetero) is 1. The van der Waals surface area contributed by atoms with E-state index in [1.807, 2.05) is 24.0 Å². The number of nitriles is 1. The van der Waals surface area contributed by atoms with Crippen molar-refractivity contribution >= 4 is 35.1 Å². The monoisotopic (exact) mass is 917 g/mol. The number of carbonyl (C=O) groups excluding carboxylic acids is 4. The lowest BCUT2D eigenvalue weighted by Crippen LogP contribution is -2.74. The van der Waals surface area contributed by atoms with Gasteiger partial charge in [-0.25, -0.2) is 4.39 Å². The van der Waals surface area contributed by atoms with Gasteiger partial charge in [-0.1, -0.05) is 83.0 Å². The molecule has 3 heterocycles. The van der Waals surface area contributed by atoms with Gasteiger partial charge in [0, 0.05) is 53.6 Å². The highest BCUT2D eigenvalue weighted by Crippen LogP contribution is 2.59. The molecule has 2 fully saturated rings. The number of pyridine rings is 1. The molecule has 7 rings (SSSR count). The lowest BCUT2D eigenvalue weighted by atomic mass is 9.49. The molecule has 3 aromatic rings. The minimum absolute atomic E-state index is 0.00621. The Morgan fingerprint density at radius 2 is 1.83 bits per heavy atom. The first-order valence-electron chi connectivity index (χ1n) is 23.7. The summed E-state index contributed by atoms with van der Waals surface area (Å²) in [5, 5.41) is 12.0. The number of halogens is 2. The number of hydrogen-bond acceptors (Lipinski definition) is 8. The minimum atomic E-state index is -0.528. The molecule has 0 bridgehead atoms. The topological polar surface area (TPSA) is 133 Å². The van der Waals surface area contributed by atoms with Crippen LogP contribution in [-0.4, -0.2) is 70.1 Å². The Balaban J connectivity index is 0.928. The molecule has 0 radical (unpaired) electrons. The summed E-state index contributed by atoms with van der Waals surface area (Å²) in [7, 11) is 0. The zero-order valence-electron chi connectivity index (χ0n) is 39.7. The van der Waals surface area contributed by atoms with Crippen molar-refractivity contribution in [1.82, 2.24) is 20.1 Å². The maximum Gasteiger partial charge on any atom is 0.256 e. The van der Waals surface area contributed by atoms with Gasteiger partial charge in [0.25, 0.3) is 5.91 Å². The molecule has 3 amide bonds. The summed E-state index contributed by atoms with van der Waals surface area (Å²) in [6.07, 6.45) is 9.75. The molecule has 3 atom stereocenters. The van der Waals surface area contributed by atoms with Crippen LogP contribution in [0.25, 0.3) is 0 Å². The van der Waals surface area contributed by atoms with E-state index >= 15 is 4.39 Å². The van der Waals surface area contributed by atoms with Crippen LogP contribution in [0.5, 0.6) is 5.75 Å². The van der Waals surface area contributed by atoms with Crippen molar-refractivity contribution in [2.75, 3.05) is 19.6 Å². The van der Waals surface area contributed by atoms with Crippen molar-refractivity contribution in [2.45, 2.75) is 137 Å². The fourth-order valence-electron chi connectivity index (χ4n) is 11.7. The average molecular weight is 919 g/mol. The van der Waals surface area contributed by atoms with Crippen LogP contribution < -0.4 is 10.1 Å². The van der Waals surface area contributed by atoms with Gasteiger partial charge in [-0.15, -0.1) is 0 Å². The van der Waals surface area contributed by atoms with Crippen LogP contribution in [0, 0.1) is 39.8 Å². The number of hydrogen-bond donors (Lipinski definition) is 1. The molecular formula is C54H65ClFN5O5. The van der Waals surface area contributed by atoms with Gasteiger partial charge < -0.3 is 14.5 Å². The summed E-state index contributed by atoms with van der Waals surface area (Å²) in [5.74, 6) is -0.804. The molecule has 12 heteroatoms. The third-order valence-corrected chi connectivity index (χ3v) is 15.1. The summed E-state index contributed by atoms with van der Waals surface area (Å²) in [6.45, 7) is 21.6. The normalized spacial score (nSPS) is 22.7. The molecule has 350 valence electrons. The molecule has 10 nitrogen and oxygen atoms in total. The molecule has 2 aromatic carbocycles. The van der Waals surface area contributed by atoms with E-state index in [0.717, 1.165) is 76.0 Å². The zero-order valence-corrected chi connectivity index (χ0v) is 40.5. The van der Waals surface area contributed by atoms with Crippen molar-refractivity contribution in [3.05, 3.63) is 116 Å². The highest BCUT2D eigenvalue weighted by atomic mass is 35.5. The Hall–Kier alpha value is -5.18. The van der Waals surface area contributed by atoms with Crippen molar-refractivity contribution in [1.29, 1.82) is 5.26 Å². The maximum absolute atomic E-state index is 15.7. The van der Waals surface area contributed by atoms with E-state index in [-0.39, 0.29) is 65.2 Å². The van der Waals surface area contributed by atoms with Crippen LogP contribution in [0.4, 0.5) is 4.39 Å². The second-order valence-corrected chi connectivity index (χ2v) is 20.9. The molecule has 2 aliphatic carbocycles. The third kappa shape index (κ3) is 10.2. The fourth-order valence-corrected chi connectivity index (χ4v) is 12.0.